The monoisotopic (exact) mass is 316 g/mol. The Morgan fingerprint density at radius 3 is 2.70 bits per heavy atom. The molecule has 23 heavy (non-hydrogen) atoms. The van der Waals surface area contributed by atoms with E-state index in [-0.39, 0.29) is 16.9 Å². The minimum atomic E-state index is -0.411. The van der Waals surface area contributed by atoms with E-state index in [9.17, 15) is 9.90 Å². The zero-order chi connectivity index (χ0) is 17.0. The number of rotatable bonds is 4. The Kier molecular flexibility index (Phi) is 4.68. The number of hydrogen-bond donors (Lipinski definition) is 3. The minimum absolute atomic E-state index is 0.00453. The molecule has 0 aliphatic carbocycles. The van der Waals surface area contributed by atoms with Crippen molar-refractivity contribution >= 4 is 12.1 Å². The predicted octanol–water partition coefficient (Wildman–Crippen LogP) is 2.19. The lowest BCUT2D eigenvalue weighted by molar-refractivity contribution is 0.0950. The van der Waals surface area contributed by atoms with Gasteiger partial charge in [0.2, 0.25) is 0 Å². The zero-order valence-electron chi connectivity index (χ0n) is 13.5. The number of aromatic amines is 1. The summed E-state index contributed by atoms with van der Waals surface area (Å²) < 4.78 is 4.95. The van der Waals surface area contributed by atoms with Crippen LogP contribution in [-0.4, -0.2) is 34.5 Å². The molecular weight excluding hydrogens is 296 g/mol. The summed E-state index contributed by atoms with van der Waals surface area (Å²) >= 11 is 0. The molecule has 0 bridgehead atoms. The Bertz CT molecular complexity index is 729. The second-order valence-electron chi connectivity index (χ2n) is 6.05. The maximum Gasteiger partial charge on any atom is 0.291 e. The standard InChI is InChI=1S/C16H20N4O3/c1-16(2,3)14-8-11(18-19-14)15(22)20-17-9-10-5-6-13(23-4)12(21)7-10/h5-9,21H,1-4H3,(H,18,19)(H,20,22). The number of hydrazone groups is 1. The first-order valence-corrected chi connectivity index (χ1v) is 7.07. The molecule has 2 aromatic rings. The van der Waals surface area contributed by atoms with E-state index in [1.807, 2.05) is 20.8 Å². The molecule has 0 radical (unpaired) electrons. The third-order valence-corrected chi connectivity index (χ3v) is 3.20. The quantitative estimate of drug-likeness (QED) is 0.594. The Hall–Kier alpha value is -2.83. The van der Waals surface area contributed by atoms with Crippen molar-refractivity contribution in [3.8, 4) is 11.5 Å². The first-order chi connectivity index (χ1) is 10.8. The van der Waals surface area contributed by atoms with Gasteiger partial charge in [0.25, 0.3) is 5.91 Å². The molecule has 7 nitrogen and oxygen atoms in total. The predicted molar refractivity (Wildman–Crippen MR) is 87.0 cm³/mol. The molecule has 2 rings (SSSR count). The van der Waals surface area contributed by atoms with Crippen molar-refractivity contribution in [2.24, 2.45) is 5.10 Å². The second kappa shape index (κ2) is 6.51. The van der Waals surface area contributed by atoms with Gasteiger partial charge in [-0.1, -0.05) is 20.8 Å². The molecule has 0 aliphatic heterocycles. The van der Waals surface area contributed by atoms with Gasteiger partial charge in [0.15, 0.2) is 17.2 Å². The Morgan fingerprint density at radius 1 is 1.39 bits per heavy atom. The molecule has 0 saturated carbocycles. The smallest absolute Gasteiger partial charge is 0.291 e. The van der Waals surface area contributed by atoms with Crippen molar-refractivity contribution < 1.29 is 14.6 Å². The summed E-state index contributed by atoms with van der Waals surface area (Å²) in [7, 11) is 1.47. The average molecular weight is 316 g/mol. The number of carbonyl (C=O) groups is 1. The van der Waals surface area contributed by atoms with Gasteiger partial charge in [-0.3, -0.25) is 9.89 Å². The van der Waals surface area contributed by atoms with Crippen LogP contribution in [0.3, 0.4) is 0 Å². The maximum atomic E-state index is 12.0. The summed E-state index contributed by atoms with van der Waals surface area (Å²) in [5.74, 6) is -0.0342. The first kappa shape index (κ1) is 16.5. The number of methoxy groups -OCH3 is 1. The molecule has 1 heterocycles. The number of nitrogens with one attached hydrogen (secondary N) is 2. The van der Waals surface area contributed by atoms with Crippen molar-refractivity contribution in [1.82, 2.24) is 15.6 Å². The molecule has 1 aromatic carbocycles. The summed E-state index contributed by atoms with van der Waals surface area (Å²) in [6.07, 6.45) is 1.42. The summed E-state index contributed by atoms with van der Waals surface area (Å²) in [6, 6.07) is 6.51. The second-order valence-corrected chi connectivity index (χ2v) is 6.05. The largest absolute Gasteiger partial charge is 0.504 e. The van der Waals surface area contributed by atoms with Crippen molar-refractivity contribution in [2.45, 2.75) is 26.2 Å². The number of H-pyrrole nitrogens is 1. The van der Waals surface area contributed by atoms with E-state index in [1.165, 1.54) is 19.4 Å². The topological polar surface area (TPSA) is 99.6 Å². The number of phenols is 1. The summed E-state index contributed by atoms with van der Waals surface area (Å²) in [5, 5.41) is 20.3. The number of ether oxygens (including phenoxy) is 1. The van der Waals surface area contributed by atoms with Gasteiger partial charge in [-0.25, -0.2) is 5.43 Å². The van der Waals surface area contributed by atoms with Gasteiger partial charge in [-0.05, 0) is 29.8 Å². The van der Waals surface area contributed by atoms with E-state index in [4.69, 9.17) is 4.74 Å². The van der Waals surface area contributed by atoms with Crippen LogP contribution in [0.1, 0.15) is 42.5 Å². The minimum Gasteiger partial charge on any atom is -0.504 e. The lowest BCUT2D eigenvalue weighted by Gasteiger charge is -2.14. The van der Waals surface area contributed by atoms with Crippen LogP contribution in [-0.2, 0) is 5.41 Å². The molecule has 0 aliphatic rings. The Morgan fingerprint density at radius 2 is 2.13 bits per heavy atom. The van der Waals surface area contributed by atoms with Crippen LogP contribution in [0.15, 0.2) is 29.4 Å². The van der Waals surface area contributed by atoms with Gasteiger partial charge in [0.05, 0.1) is 13.3 Å². The van der Waals surface area contributed by atoms with Crippen LogP contribution < -0.4 is 10.2 Å². The molecular formula is C16H20N4O3. The van der Waals surface area contributed by atoms with Crippen molar-refractivity contribution in [2.75, 3.05) is 7.11 Å². The van der Waals surface area contributed by atoms with Crippen molar-refractivity contribution in [3.05, 3.63) is 41.2 Å². The van der Waals surface area contributed by atoms with E-state index in [2.05, 4.69) is 20.7 Å². The van der Waals surface area contributed by atoms with Crippen LogP contribution in [0, 0.1) is 0 Å². The summed E-state index contributed by atoms with van der Waals surface area (Å²) in [4.78, 5) is 12.0. The number of nitrogens with zero attached hydrogens (tertiary/aromatic N) is 2. The lowest BCUT2D eigenvalue weighted by Crippen LogP contribution is -2.18. The van der Waals surface area contributed by atoms with E-state index in [0.717, 1.165) is 5.69 Å². The number of benzene rings is 1. The van der Waals surface area contributed by atoms with Crippen molar-refractivity contribution in [3.63, 3.8) is 0 Å². The molecule has 3 N–H and O–H groups in total. The fraction of sp³-hybridized carbons (Fsp3) is 0.312. The molecule has 1 amide bonds. The van der Waals surface area contributed by atoms with Gasteiger partial charge in [-0.15, -0.1) is 0 Å². The highest BCUT2D eigenvalue weighted by Gasteiger charge is 2.19. The van der Waals surface area contributed by atoms with Gasteiger partial charge in [0, 0.05) is 11.1 Å². The van der Waals surface area contributed by atoms with Gasteiger partial charge in [-0.2, -0.15) is 10.2 Å². The Labute approximate surface area is 134 Å². The molecule has 7 heteroatoms. The van der Waals surface area contributed by atoms with E-state index in [1.54, 1.807) is 18.2 Å². The number of phenolic OH excluding ortho intramolecular Hbond substituents is 1. The van der Waals surface area contributed by atoms with Crippen LogP contribution >= 0.6 is 0 Å². The van der Waals surface area contributed by atoms with Crippen LogP contribution in [0.25, 0.3) is 0 Å². The Balaban J connectivity index is 2.01. The summed E-state index contributed by atoms with van der Waals surface area (Å²) in [5.41, 5.74) is 4.04. The number of aromatic hydroxyl groups is 1. The van der Waals surface area contributed by atoms with Gasteiger partial charge in [0.1, 0.15) is 0 Å². The first-order valence-electron chi connectivity index (χ1n) is 7.07. The zero-order valence-corrected chi connectivity index (χ0v) is 13.5. The number of amides is 1. The van der Waals surface area contributed by atoms with E-state index >= 15 is 0 Å². The van der Waals surface area contributed by atoms with E-state index in [0.29, 0.717) is 11.3 Å². The van der Waals surface area contributed by atoms with Crippen LogP contribution in [0.2, 0.25) is 0 Å². The fourth-order valence-corrected chi connectivity index (χ4v) is 1.83. The molecule has 0 fully saturated rings. The van der Waals surface area contributed by atoms with Gasteiger partial charge < -0.3 is 9.84 Å². The molecule has 0 atom stereocenters. The van der Waals surface area contributed by atoms with Crippen LogP contribution in [0.5, 0.6) is 11.5 Å². The highest BCUT2D eigenvalue weighted by molar-refractivity contribution is 5.93. The number of aromatic nitrogens is 2. The summed E-state index contributed by atoms with van der Waals surface area (Å²) in [6.45, 7) is 6.07. The average Bonchev–Trinajstić information content (AvgIpc) is 2.97. The number of carbonyl (C=O) groups excluding carboxylic acids is 1. The molecule has 0 spiro atoms. The third kappa shape index (κ3) is 4.09. The number of hydrogen-bond acceptors (Lipinski definition) is 5. The maximum absolute atomic E-state index is 12.0. The fourth-order valence-electron chi connectivity index (χ4n) is 1.83. The molecule has 122 valence electrons. The van der Waals surface area contributed by atoms with Crippen molar-refractivity contribution in [1.29, 1.82) is 0 Å². The highest BCUT2D eigenvalue weighted by Crippen LogP contribution is 2.25. The third-order valence-electron chi connectivity index (χ3n) is 3.20. The van der Waals surface area contributed by atoms with Gasteiger partial charge >= 0.3 is 0 Å². The van der Waals surface area contributed by atoms with Crippen LogP contribution in [0.4, 0.5) is 0 Å². The SMILES string of the molecule is COc1ccc(C=NNC(=O)c2cc(C(C)(C)C)[nH]n2)cc1O. The molecule has 0 unspecified atom stereocenters. The molecule has 0 saturated heterocycles. The lowest BCUT2D eigenvalue weighted by atomic mass is 9.92. The highest BCUT2D eigenvalue weighted by atomic mass is 16.5. The van der Waals surface area contributed by atoms with E-state index < -0.39 is 5.91 Å². The molecule has 1 aromatic heterocycles. The normalized spacial score (nSPS) is 11.7.